The van der Waals surface area contributed by atoms with E-state index in [9.17, 15) is 10.2 Å². The Kier molecular flexibility index (Phi) is 6.93. The molecule has 0 fully saturated rings. The highest BCUT2D eigenvalue weighted by Gasteiger charge is 2.27. The molecule has 2 nitrogen and oxygen atoms in total. The van der Waals surface area contributed by atoms with Crippen molar-refractivity contribution in [2.75, 3.05) is 0 Å². The summed E-state index contributed by atoms with van der Waals surface area (Å²) in [7, 11) is 0. The highest BCUT2D eigenvalue weighted by Crippen LogP contribution is 2.27. The third-order valence-electron chi connectivity index (χ3n) is 3.71. The highest BCUT2D eigenvalue weighted by atomic mass is 16.3. The molecule has 0 aliphatic heterocycles. The number of hydrogen-bond donors (Lipinski definition) is 2. The van der Waals surface area contributed by atoms with Gasteiger partial charge in [0, 0.05) is 0 Å². The molecule has 0 amide bonds. The topological polar surface area (TPSA) is 40.5 Å². The van der Waals surface area contributed by atoms with Crippen LogP contribution in [0.4, 0.5) is 0 Å². The Bertz CT molecular complexity index is 199. The van der Waals surface area contributed by atoms with Crippen LogP contribution in [-0.2, 0) is 0 Å². The van der Waals surface area contributed by atoms with Gasteiger partial charge in [-0.05, 0) is 30.1 Å². The Hall–Kier alpha value is -0.340. The summed E-state index contributed by atoms with van der Waals surface area (Å²) in [5.74, 6) is 1.16. The lowest BCUT2D eigenvalue weighted by Gasteiger charge is -2.30. The predicted octanol–water partition coefficient (Wildman–Crippen LogP) is 2.85. The van der Waals surface area contributed by atoms with Crippen molar-refractivity contribution in [2.45, 2.75) is 53.2 Å². The van der Waals surface area contributed by atoms with Gasteiger partial charge >= 0.3 is 0 Å². The molecule has 0 aromatic heterocycles. The normalized spacial score (nSPS) is 19.6. The summed E-state index contributed by atoms with van der Waals surface area (Å²) in [5.41, 5.74) is 0. The summed E-state index contributed by atoms with van der Waals surface area (Å²) in [6.07, 6.45) is 1.35. The van der Waals surface area contributed by atoms with Crippen LogP contribution in [0.25, 0.3) is 0 Å². The van der Waals surface area contributed by atoms with Crippen molar-refractivity contribution in [1.29, 1.82) is 0 Å². The Balaban J connectivity index is 4.45. The molecule has 0 aliphatic rings. The van der Waals surface area contributed by atoms with Crippen LogP contribution < -0.4 is 0 Å². The van der Waals surface area contributed by atoms with Gasteiger partial charge in [-0.15, -0.1) is 6.58 Å². The van der Waals surface area contributed by atoms with Crippen molar-refractivity contribution >= 4 is 0 Å². The predicted molar refractivity (Wildman–Crippen MR) is 69.2 cm³/mol. The SMILES string of the molecule is C=CC(O)C(CC(O)C(C)C(C)C)C(C)C. The summed E-state index contributed by atoms with van der Waals surface area (Å²) < 4.78 is 0. The fraction of sp³-hybridized carbons (Fsp3) is 0.857. The standard InChI is InChI=1S/C14H28O2/c1-7-13(15)12(10(4)5)8-14(16)11(6)9(2)3/h7,9-16H,1,8H2,2-6H3. The molecule has 4 unspecified atom stereocenters. The van der Waals surface area contributed by atoms with Crippen molar-refractivity contribution in [3.05, 3.63) is 12.7 Å². The van der Waals surface area contributed by atoms with Crippen molar-refractivity contribution in [1.82, 2.24) is 0 Å². The highest BCUT2D eigenvalue weighted by molar-refractivity contribution is 4.88. The van der Waals surface area contributed by atoms with E-state index in [0.717, 1.165) is 0 Å². The van der Waals surface area contributed by atoms with E-state index in [1.165, 1.54) is 0 Å². The minimum absolute atomic E-state index is 0.0914. The Labute approximate surface area is 100 Å². The molecule has 16 heavy (non-hydrogen) atoms. The molecule has 4 atom stereocenters. The van der Waals surface area contributed by atoms with Gasteiger partial charge in [-0.1, -0.05) is 40.7 Å². The van der Waals surface area contributed by atoms with Crippen LogP contribution in [0.2, 0.25) is 0 Å². The van der Waals surface area contributed by atoms with Gasteiger partial charge in [-0.25, -0.2) is 0 Å². The molecule has 0 aromatic rings. The maximum absolute atomic E-state index is 10.1. The van der Waals surface area contributed by atoms with E-state index in [1.54, 1.807) is 6.08 Å². The quantitative estimate of drug-likeness (QED) is 0.658. The Morgan fingerprint density at radius 3 is 1.81 bits per heavy atom. The molecule has 0 saturated carbocycles. The molecule has 96 valence electrons. The largest absolute Gasteiger partial charge is 0.393 e. The first-order chi connectivity index (χ1) is 7.31. The minimum atomic E-state index is -0.519. The van der Waals surface area contributed by atoms with Gasteiger partial charge in [-0.3, -0.25) is 0 Å². The van der Waals surface area contributed by atoms with E-state index < -0.39 is 6.10 Å². The molecule has 0 bridgehead atoms. The van der Waals surface area contributed by atoms with E-state index in [1.807, 2.05) is 0 Å². The summed E-state index contributed by atoms with van der Waals surface area (Å²) in [4.78, 5) is 0. The van der Waals surface area contributed by atoms with Crippen molar-refractivity contribution in [2.24, 2.45) is 23.7 Å². The molecule has 0 spiro atoms. The molecule has 2 heteroatoms. The lowest BCUT2D eigenvalue weighted by atomic mass is 9.80. The average molecular weight is 228 g/mol. The molecular formula is C14H28O2. The van der Waals surface area contributed by atoms with Crippen molar-refractivity contribution < 1.29 is 10.2 Å². The van der Waals surface area contributed by atoms with E-state index >= 15 is 0 Å². The summed E-state index contributed by atoms with van der Waals surface area (Å²) in [6.45, 7) is 14.1. The third-order valence-corrected chi connectivity index (χ3v) is 3.71. The van der Waals surface area contributed by atoms with Crippen LogP contribution in [0.15, 0.2) is 12.7 Å². The second-order valence-electron chi connectivity index (χ2n) is 5.54. The number of rotatable bonds is 7. The zero-order valence-corrected chi connectivity index (χ0v) is 11.4. The van der Waals surface area contributed by atoms with Gasteiger partial charge < -0.3 is 10.2 Å². The molecule has 0 heterocycles. The van der Waals surface area contributed by atoms with Crippen molar-refractivity contribution in [3.63, 3.8) is 0 Å². The minimum Gasteiger partial charge on any atom is -0.393 e. The molecule has 2 N–H and O–H groups in total. The number of aliphatic hydroxyl groups is 2. The second-order valence-corrected chi connectivity index (χ2v) is 5.54. The van der Waals surface area contributed by atoms with Gasteiger partial charge in [0.25, 0.3) is 0 Å². The maximum Gasteiger partial charge on any atom is 0.0749 e. The lowest BCUT2D eigenvalue weighted by Crippen LogP contribution is -2.32. The first-order valence-corrected chi connectivity index (χ1v) is 6.29. The van der Waals surface area contributed by atoms with Gasteiger partial charge in [0.15, 0.2) is 0 Å². The van der Waals surface area contributed by atoms with Crippen LogP contribution in [0.5, 0.6) is 0 Å². The van der Waals surface area contributed by atoms with E-state index in [-0.39, 0.29) is 17.9 Å². The van der Waals surface area contributed by atoms with Crippen LogP contribution >= 0.6 is 0 Å². The van der Waals surface area contributed by atoms with Crippen LogP contribution in [-0.4, -0.2) is 22.4 Å². The molecule has 0 rings (SSSR count). The molecule has 0 radical (unpaired) electrons. The van der Waals surface area contributed by atoms with E-state index in [0.29, 0.717) is 18.3 Å². The van der Waals surface area contributed by atoms with Crippen LogP contribution in [0.3, 0.4) is 0 Å². The second kappa shape index (κ2) is 7.08. The Morgan fingerprint density at radius 2 is 1.50 bits per heavy atom. The summed E-state index contributed by atoms with van der Waals surface area (Å²) in [6, 6.07) is 0. The first-order valence-electron chi connectivity index (χ1n) is 6.29. The summed E-state index contributed by atoms with van der Waals surface area (Å²) >= 11 is 0. The molecule has 0 aliphatic carbocycles. The van der Waals surface area contributed by atoms with Gasteiger partial charge in [0.05, 0.1) is 12.2 Å². The van der Waals surface area contributed by atoms with Gasteiger partial charge in [0.1, 0.15) is 0 Å². The van der Waals surface area contributed by atoms with Gasteiger partial charge in [-0.2, -0.15) is 0 Å². The van der Waals surface area contributed by atoms with E-state index in [2.05, 4.69) is 41.2 Å². The third kappa shape index (κ3) is 4.67. The smallest absolute Gasteiger partial charge is 0.0749 e. The van der Waals surface area contributed by atoms with Crippen LogP contribution in [0.1, 0.15) is 41.0 Å². The zero-order chi connectivity index (χ0) is 12.9. The fourth-order valence-electron chi connectivity index (χ4n) is 1.92. The molecular weight excluding hydrogens is 200 g/mol. The number of hydrogen-bond acceptors (Lipinski definition) is 2. The average Bonchev–Trinajstić information content (AvgIpc) is 2.22. The Morgan fingerprint density at radius 1 is 1.00 bits per heavy atom. The molecule has 0 saturated heterocycles. The van der Waals surface area contributed by atoms with Crippen molar-refractivity contribution in [3.8, 4) is 0 Å². The van der Waals surface area contributed by atoms with E-state index in [4.69, 9.17) is 0 Å². The first kappa shape index (κ1) is 15.7. The lowest BCUT2D eigenvalue weighted by molar-refractivity contribution is 0.0274. The van der Waals surface area contributed by atoms with Gasteiger partial charge in [0.2, 0.25) is 0 Å². The monoisotopic (exact) mass is 228 g/mol. The number of aliphatic hydroxyl groups excluding tert-OH is 2. The molecule has 0 aromatic carbocycles. The van der Waals surface area contributed by atoms with Crippen LogP contribution in [0, 0.1) is 23.7 Å². The maximum atomic E-state index is 10.1. The zero-order valence-electron chi connectivity index (χ0n) is 11.4. The fourth-order valence-corrected chi connectivity index (χ4v) is 1.92. The summed E-state index contributed by atoms with van der Waals surface area (Å²) in [5, 5.41) is 19.9.